The standard InChI is InChI=1S/C22H24FN3O2.C2H6/c1-4-6-18(16(3)5-2)15-28-21-13-20-14-25(11-12-26(20)24-21)22(27)17-7-9-19(23)10-8-17;1-2/h4-10,13H,2,11-12,14-15H2,1,3H3;1-2H3/b6-4-,18-16+;. The zero-order valence-corrected chi connectivity index (χ0v) is 18.2. The number of amides is 1. The first-order chi connectivity index (χ1) is 14.5. The van der Waals surface area contributed by atoms with Crippen LogP contribution in [0.2, 0.25) is 0 Å². The second-order valence-corrected chi connectivity index (χ2v) is 6.63. The maximum atomic E-state index is 13.1. The molecule has 1 aromatic heterocycles. The number of halogens is 1. The Morgan fingerprint density at radius 2 is 1.97 bits per heavy atom. The minimum absolute atomic E-state index is 0.116. The lowest BCUT2D eigenvalue weighted by molar-refractivity contribution is 0.0706. The first kappa shape index (κ1) is 23.1. The molecule has 1 aliphatic heterocycles. The van der Waals surface area contributed by atoms with Crippen molar-refractivity contribution in [2.45, 2.75) is 40.8 Å². The summed E-state index contributed by atoms with van der Waals surface area (Å²) < 4.78 is 20.8. The summed E-state index contributed by atoms with van der Waals surface area (Å²) in [6.07, 6.45) is 5.76. The van der Waals surface area contributed by atoms with Gasteiger partial charge in [-0.05, 0) is 49.3 Å². The normalized spacial score (nSPS) is 13.8. The highest BCUT2D eigenvalue weighted by molar-refractivity contribution is 5.94. The number of hydrogen-bond acceptors (Lipinski definition) is 3. The third-order valence-corrected chi connectivity index (χ3v) is 4.71. The maximum absolute atomic E-state index is 13.1. The van der Waals surface area contributed by atoms with E-state index in [1.165, 1.54) is 24.3 Å². The molecule has 5 nitrogen and oxygen atoms in total. The number of benzene rings is 1. The van der Waals surface area contributed by atoms with Crippen molar-refractivity contribution in [3.05, 3.63) is 83.4 Å². The van der Waals surface area contributed by atoms with Gasteiger partial charge in [0, 0.05) is 18.2 Å². The van der Waals surface area contributed by atoms with Crippen LogP contribution in [0.5, 0.6) is 5.88 Å². The Labute approximate surface area is 178 Å². The predicted molar refractivity (Wildman–Crippen MR) is 118 cm³/mol. The Morgan fingerprint density at radius 3 is 2.60 bits per heavy atom. The fourth-order valence-corrected chi connectivity index (χ4v) is 3.04. The van der Waals surface area contributed by atoms with Crippen LogP contribution in [0.3, 0.4) is 0 Å². The zero-order chi connectivity index (χ0) is 22.1. The van der Waals surface area contributed by atoms with Crippen LogP contribution in [-0.2, 0) is 13.1 Å². The number of carbonyl (C=O) groups is 1. The van der Waals surface area contributed by atoms with Gasteiger partial charge in [-0.25, -0.2) is 4.39 Å². The number of allylic oxidation sites excluding steroid dienone is 3. The highest BCUT2D eigenvalue weighted by atomic mass is 19.1. The van der Waals surface area contributed by atoms with Crippen LogP contribution in [0.1, 0.15) is 43.7 Å². The maximum Gasteiger partial charge on any atom is 0.254 e. The van der Waals surface area contributed by atoms with Gasteiger partial charge in [-0.1, -0.05) is 38.7 Å². The third kappa shape index (κ3) is 5.69. The van der Waals surface area contributed by atoms with Crippen molar-refractivity contribution in [2.75, 3.05) is 13.2 Å². The summed E-state index contributed by atoms with van der Waals surface area (Å²) in [5.74, 6) is 0.0628. The Hall–Kier alpha value is -3.15. The molecule has 30 heavy (non-hydrogen) atoms. The molecule has 3 rings (SSSR count). The molecule has 1 amide bonds. The van der Waals surface area contributed by atoms with E-state index in [-0.39, 0.29) is 11.7 Å². The van der Waals surface area contributed by atoms with Crippen LogP contribution >= 0.6 is 0 Å². The van der Waals surface area contributed by atoms with E-state index >= 15 is 0 Å². The largest absolute Gasteiger partial charge is 0.472 e. The Morgan fingerprint density at radius 1 is 1.27 bits per heavy atom. The monoisotopic (exact) mass is 411 g/mol. The van der Waals surface area contributed by atoms with E-state index in [1.807, 2.05) is 50.6 Å². The van der Waals surface area contributed by atoms with E-state index in [1.54, 1.807) is 11.0 Å². The number of rotatable bonds is 6. The van der Waals surface area contributed by atoms with Crippen molar-refractivity contribution in [1.29, 1.82) is 0 Å². The molecule has 6 heteroatoms. The smallest absolute Gasteiger partial charge is 0.254 e. The molecule has 0 fully saturated rings. The van der Waals surface area contributed by atoms with Gasteiger partial charge in [-0.15, -0.1) is 5.10 Å². The molecule has 0 saturated heterocycles. The van der Waals surface area contributed by atoms with Crippen LogP contribution in [0.25, 0.3) is 0 Å². The Bertz CT molecular complexity index is 926. The fraction of sp³-hybridized carbons (Fsp3) is 0.333. The van der Waals surface area contributed by atoms with Gasteiger partial charge in [0.25, 0.3) is 5.91 Å². The average molecular weight is 412 g/mol. The average Bonchev–Trinajstić information content (AvgIpc) is 3.19. The van der Waals surface area contributed by atoms with Gasteiger partial charge in [0.1, 0.15) is 12.4 Å². The molecular weight excluding hydrogens is 381 g/mol. The van der Waals surface area contributed by atoms with Gasteiger partial charge in [-0.2, -0.15) is 0 Å². The summed E-state index contributed by atoms with van der Waals surface area (Å²) in [5.41, 5.74) is 3.48. The van der Waals surface area contributed by atoms with Gasteiger partial charge in [-0.3, -0.25) is 9.48 Å². The van der Waals surface area contributed by atoms with Crippen molar-refractivity contribution in [3.63, 3.8) is 0 Å². The van der Waals surface area contributed by atoms with Crippen molar-refractivity contribution >= 4 is 5.91 Å². The first-order valence-corrected chi connectivity index (χ1v) is 10.2. The molecule has 2 aromatic rings. The number of hydrogen-bond donors (Lipinski definition) is 0. The number of carbonyl (C=O) groups excluding carboxylic acids is 1. The van der Waals surface area contributed by atoms with Gasteiger partial charge in [0.05, 0.1) is 18.8 Å². The van der Waals surface area contributed by atoms with Crippen LogP contribution in [0.15, 0.2) is 66.3 Å². The highest BCUT2D eigenvalue weighted by Crippen LogP contribution is 2.21. The Kier molecular flexibility index (Phi) is 8.59. The SMILES string of the molecule is C=C/C(C)=C(\C=C/C)COc1cc2n(n1)CCN(C(=O)c1ccc(F)cc1)C2.CC. The number of fused-ring (bicyclic) bond motifs is 1. The molecule has 0 radical (unpaired) electrons. The second-order valence-electron chi connectivity index (χ2n) is 6.63. The minimum Gasteiger partial charge on any atom is -0.472 e. The van der Waals surface area contributed by atoms with Crippen LogP contribution in [-0.4, -0.2) is 33.7 Å². The highest BCUT2D eigenvalue weighted by Gasteiger charge is 2.23. The first-order valence-electron chi connectivity index (χ1n) is 10.2. The van der Waals surface area contributed by atoms with E-state index in [0.29, 0.717) is 37.7 Å². The number of nitrogens with zero attached hydrogens (tertiary/aromatic N) is 3. The molecule has 0 N–H and O–H groups in total. The van der Waals surface area contributed by atoms with Crippen molar-refractivity contribution in [2.24, 2.45) is 0 Å². The fourth-order valence-electron chi connectivity index (χ4n) is 3.04. The number of aromatic nitrogens is 2. The molecule has 0 saturated carbocycles. The summed E-state index contributed by atoms with van der Waals surface area (Å²) in [4.78, 5) is 14.4. The summed E-state index contributed by atoms with van der Waals surface area (Å²) >= 11 is 0. The summed E-state index contributed by atoms with van der Waals surface area (Å²) in [5, 5.41) is 4.48. The molecule has 0 atom stereocenters. The van der Waals surface area contributed by atoms with E-state index in [4.69, 9.17) is 4.74 Å². The summed E-state index contributed by atoms with van der Waals surface area (Å²) in [6, 6.07) is 7.48. The van der Waals surface area contributed by atoms with Gasteiger partial charge in [0.2, 0.25) is 5.88 Å². The van der Waals surface area contributed by atoms with E-state index in [0.717, 1.165) is 16.8 Å². The number of ether oxygens (including phenoxy) is 1. The molecular formula is C24H30FN3O2. The molecule has 1 aliphatic rings. The lowest BCUT2D eigenvalue weighted by atomic mass is 10.1. The molecule has 1 aromatic carbocycles. The van der Waals surface area contributed by atoms with E-state index in [2.05, 4.69) is 11.7 Å². The topological polar surface area (TPSA) is 47.4 Å². The lowest BCUT2D eigenvalue weighted by Crippen LogP contribution is -2.38. The van der Waals surface area contributed by atoms with Crippen molar-refractivity contribution < 1.29 is 13.9 Å². The van der Waals surface area contributed by atoms with Gasteiger partial charge in [0.15, 0.2) is 0 Å². The van der Waals surface area contributed by atoms with E-state index < -0.39 is 0 Å². The minimum atomic E-state index is -0.354. The van der Waals surface area contributed by atoms with Crippen LogP contribution in [0.4, 0.5) is 4.39 Å². The van der Waals surface area contributed by atoms with Crippen molar-refractivity contribution in [3.8, 4) is 5.88 Å². The van der Waals surface area contributed by atoms with E-state index in [9.17, 15) is 9.18 Å². The zero-order valence-electron chi connectivity index (χ0n) is 18.2. The molecule has 0 unspecified atom stereocenters. The molecule has 2 heterocycles. The molecule has 160 valence electrons. The lowest BCUT2D eigenvalue weighted by Gasteiger charge is -2.27. The van der Waals surface area contributed by atoms with Gasteiger partial charge < -0.3 is 9.64 Å². The molecule has 0 bridgehead atoms. The summed E-state index contributed by atoms with van der Waals surface area (Å²) in [7, 11) is 0. The van der Waals surface area contributed by atoms with Crippen LogP contribution in [0, 0.1) is 5.82 Å². The third-order valence-electron chi connectivity index (χ3n) is 4.71. The second kappa shape index (κ2) is 11.1. The van der Waals surface area contributed by atoms with Gasteiger partial charge >= 0.3 is 0 Å². The molecule has 0 aliphatic carbocycles. The van der Waals surface area contributed by atoms with Crippen LogP contribution < -0.4 is 4.74 Å². The van der Waals surface area contributed by atoms with Crippen molar-refractivity contribution in [1.82, 2.24) is 14.7 Å². The summed E-state index contributed by atoms with van der Waals surface area (Å²) in [6.45, 7) is 13.7. The quantitative estimate of drug-likeness (QED) is 0.617. The predicted octanol–water partition coefficient (Wildman–Crippen LogP) is 5.16. The Balaban J connectivity index is 0.00000155. The molecule has 0 spiro atoms.